The van der Waals surface area contributed by atoms with Crippen molar-refractivity contribution in [2.24, 2.45) is 0 Å². The van der Waals surface area contributed by atoms with Gasteiger partial charge in [0.2, 0.25) is 0 Å². The molecule has 2 aromatic carbocycles. The zero-order chi connectivity index (χ0) is 22.3. The van der Waals surface area contributed by atoms with Crippen LogP contribution in [0.5, 0.6) is 5.75 Å². The van der Waals surface area contributed by atoms with Crippen molar-refractivity contribution < 1.29 is 37.3 Å². The highest BCUT2D eigenvalue weighted by Crippen LogP contribution is 2.33. The van der Waals surface area contributed by atoms with Crippen LogP contribution in [0.15, 0.2) is 54.2 Å². The Morgan fingerprint density at radius 3 is 2.45 bits per heavy atom. The van der Waals surface area contributed by atoms with E-state index in [1.54, 1.807) is 29.0 Å². The molecule has 0 radical (unpaired) electrons. The molecular formula is C22H16F3NO5. The molecule has 1 aliphatic rings. The van der Waals surface area contributed by atoms with Gasteiger partial charge in [-0.2, -0.15) is 13.2 Å². The van der Waals surface area contributed by atoms with E-state index in [0.29, 0.717) is 22.2 Å². The quantitative estimate of drug-likeness (QED) is 0.291. The number of hydrogen-bond donors (Lipinski definition) is 1. The predicted octanol–water partition coefficient (Wildman–Crippen LogP) is 4.11. The van der Waals surface area contributed by atoms with E-state index in [4.69, 9.17) is 4.74 Å². The van der Waals surface area contributed by atoms with E-state index in [0.717, 1.165) is 12.1 Å². The number of rotatable bonds is 4. The Balaban J connectivity index is 1.79. The molecule has 6 nitrogen and oxygen atoms in total. The van der Waals surface area contributed by atoms with Gasteiger partial charge >= 0.3 is 12.1 Å². The molecular weight excluding hydrogens is 415 g/mol. The molecule has 31 heavy (non-hydrogen) atoms. The summed E-state index contributed by atoms with van der Waals surface area (Å²) in [5, 5.41) is 11.3. The number of cyclic esters (lactones) is 1. The van der Waals surface area contributed by atoms with Crippen molar-refractivity contribution in [3.05, 3.63) is 70.9 Å². The maximum absolute atomic E-state index is 12.8. The fourth-order valence-corrected chi connectivity index (χ4v) is 3.45. The first-order valence-electron chi connectivity index (χ1n) is 9.16. The third-order valence-corrected chi connectivity index (χ3v) is 5.07. The minimum Gasteiger partial charge on any atom is -0.507 e. The summed E-state index contributed by atoms with van der Waals surface area (Å²) in [6, 6.07) is 9.86. The Hall–Kier alpha value is -3.75. The van der Waals surface area contributed by atoms with Crippen molar-refractivity contribution >= 4 is 28.4 Å². The van der Waals surface area contributed by atoms with Gasteiger partial charge in [-0.15, -0.1) is 0 Å². The zero-order valence-corrected chi connectivity index (χ0v) is 16.2. The maximum atomic E-state index is 12.8. The molecule has 1 fully saturated rings. The van der Waals surface area contributed by atoms with Gasteiger partial charge in [0.15, 0.2) is 0 Å². The lowest BCUT2D eigenvalue weighted by atomic mass is 10.1. The van der Waals surface area contributed by atoms with Gasteiger partial charge in [-0.3, -0.25) is 4.79 Å². The maximum Gasteiger partial charge on any atom is 0.416 e. The average molecular weight is 431 g/mol. The van der Waals surface area contributed by atoms with Gasteiger partial charge in [0, 0.05) is 29.2 Å². The summed E-state index contributed by atoms with van der Waals surface area (Å²) in [5.74, 6) is -1.83. The molecule has 0 spiro atoms. The van der Waals surface area contributed by atoms with Crippen molar-refractivity contribution in [1.29, 1.82) is 0 Å². The van der Waals surface area contributed by atoms with Crippen LogP contribution >= 0.6 is 0 Å². The highest BCUT2D eigenvalue weighted by Gasteiger charge is 2.33. The van der Waals surface area contributed by atoms with Gasteiger partial charge in [0.05, 0.1) is 18.2 Å². The van der Waals surface area contributed by atoms with E-state index in [1.165, 1.54) is 19.2 Å². The summed E-state index contributed by atoms with van der Waals surface area (Å²) in [7, 11) is 1.48. The number of esters is 1. The average Bonchev–Trinajstić information content (AvgIpc) is 3.27. The first-order chi connectivity index (χ1) is 14.7. The van der Waals surface area contributed by atoms with E-state index in [1.807, 2.05) is 0 Å². The number of fused-ring (bicyclic) bond motifs is 1. The van der Waals surface area contributed by atoms with Gasteiger partial charge in [-0.05, 0) is 35.9 Å². The molecule has 0 bridgehead atoms. The molecule has 1 aliphatic heterocycles. The molecule has 1 N–H and O–H groups in total. The number of nitrogens with zero attached hydrogens (tertiary/aromatic N) is 1. The standard InChI is InChI=1S/C22H16F3NO5/c1-30-14-6-7-18-15(8-14)16(19(27)17-11-31-21(29)20(17)28)10-26(18)9-12-2-4-13(5-3-12)22(23,24)25/h2-8,10,27H,9,11H2,1H3/b19-17-. The van der Waals surface area contributed by atoms with Crippen LogP contribution in [0, 0.1) is 0 Å². The molecule has 0 amide bonds. The minimum absolute atomic E-state index is 0.151. The van der Waals surface area contributed by atoms with Gasteiger partial charge in [-0.25, -0.2) is 4.79 Å². The second kappa shape index (κ2) is 7.50. The smallest absolute Gasteiger partial charge is 0.416 e. The van der Waals surface area contributed by atoms with Crippen LogP contribution in [0.2, 0.25) is 0 Å². The number of aliphatic hydroxyl groups excluding tert-OH is 1. The number of aliphatic hydroxyl groups is 1. The molecule has 0 aliphatic carbocycles. The Kier molecular flexibility index (Phi) is 4.96. The summed E-state index contributed by atoms with van der Waals surface area (Å²) in [6.07, 6.45) is -2.85. The van der Waals surface area contributed by atoms with Crippen molar-refractivity contribution in [3.63, 3.8) is 0 Å². The fraction of sp³-hybridized carbons (Fsp3) is 0.182. The fourth-order valence-electron chi connectivity index (χ4n) is 3.45. The lowest BCUT2D eigenvalue weighted by molar-refractivity contribution is -0.146. The summed E-state index contributed by atoms with van der Waals surface area (Å²) >= 11 is 0. The minimum atomic E-state index is -4.42. The summed E-state index contributed by atoms with van der Waals surface area (Å²) in [6.45, 7) is -0.119. The van der Waals surface area contributed by atoms with Crippen molar-refractivity contribution in [3.8, 4) is 5.75 Å². The zero-order valence-electron chi connectivity index (χ0n) is 16.2. The van der Waals surface area contributed by atoms with Crippen LogP contribution in [0.3, 0.4) is 0 Å². The van der Waals surface area contributed by atoms with E-state index in [-0.39, 0.29) is 30.0 Å². The van der Waals surface area contributed by atoms with Crippen LogP contribution in [0.1, 0.15) is 16.7 Å². The Morgan fingerprint density at radius 1 is 1.16 bits per heavy atom. The number of carbonyl (C=O) groups excluding carboxylic acids is 2. The number of ether oxygens (including phenoxy) is 2. The van der Waals surface area contributed by atoms with Crippen molar-refractivity contribution in [2.45, 2.75) is 12.7 Å². The normalized spacial score (nSPS) is 16.0. The molecule has 1 aromatic heterocycles. The number of Topliss-reactive ketones (excluding diaryl/α,β-unsaturated/α-hetero) is 1. The predicted molar refractivity (Wildman–Crippen MR) is 105 cm³/mol. The SMILES string of the molecule is COc1ccc2c(c1)c(/C(O)=C1\COC(=O)C1=O)cn2Cc1ccc(C(F)(F)F)cc1. The van der Waals surface area contributed by atoms with Gasteiger partial charge < -0.3 is 19.1 Å². The topological polar surface area (TPSA) is 77.8 Å². The molecule has 1 saturated heterocycles. The first kappa shape index (κ1) is 20.5. The van der Waals surface area contributed by atoms with Crippen molar-refractivity contribution in [2.75, 3.05) is 13.7 Å². The summed E-state index contributed by atoms with van der Waals surface area (Å²) in [4.78, 5) is 23.4. The van der Waals surface area contributed by atoms with Crippen LogP contribution in [0.25, 0.3) is 16.7 Å². The highest BCUT2D eigenvalue weighted by molar-refractivity contribution is 6.43. The van der Waals surface area contributed by atoms with Gasteiger partial charge in [0.25, 0.3) is 5.78 Å². The number of hydrogen-bond acceptors (Lipinski definition) is 5. The Morgan fingerprint density at radius 2 is 1.87 bits per heavy atom. The number of carbonyl (C=O) groups is 2. The van der Waals surface area contributed by atoms with Gasteiger partial charge in [0.1, 0.15) is 18.1 Å². The molecule has 0 atom stereocenters. The lowest BCUT2D eigenvalue weighted by Crippen LogP contribution is -2.08. The molecule has 0 saturated carbocycles. The number of aromatic nitrogens is 1. The van der Waals surface area contributed by atoms with Crippen LogP contribution in [-0.4, -0.2) is 35.1 Å². The Bertz CT molecular complexity index is 1220. The summed E-state index contributed by atoms with van der Waals surface area (Å²) < 4.78 is 50.1. The molecule has 3 aromatic rings. The monoisotopic (exact) mass is 431 g/mol. The van der Waals surface area contributed by atoms with E-state index < -0.39 is 23.5 Å². The van der Waals surface area contributed by atoms with E-state index >= 15 is 0 Å². The van der Waals surface area contributed by atoms with Crippen LogP contribution < -0.4 is 4.74 Å². The number of methoxy groups -OCH3 is 1. The highest BCUT2D eigenvalue weighted by atomic mass is 19.4. The third-order valence-electron chi connectivity index (χ3n) is 5.07. The van der Waals surface area contributed by atoms with Crippen molar-refractivity contribution in [1.82, 2.24) is 4.57 Å². The van der Waals surface area contributed by atoms with Gasteiger partial charge in [-0.1, -0.05) is 12.1 Å². The summed E-state index contributed by atoms with van der Waals surface area (Å²) in [5.41, 5.74) is 0.644. The second-order valence-electron chi connectivity index (χ2n) is 6.98. The number of ketones is 1. The number of alkyl halides is 3. The van der Waals surface area contributed by atoms with Crippen LogP contribution in [0.4, 0.5) is 13.2 Å². The molecule has 160 valence electrons. The lowest BCUT2D eigenvalue weighted by Gasteiger charge is -2.09. The Labute approximate surface area is 174 Å². The molecule has 0 unspecified atom stereocenters. The first-order valence-corrected chi connectivity index (χ1v) is 9.16. The molecule has 9 heteroatoms. The molecule has 4 rings (SSSR count). The second-order valence-corrected chi connectivity index (χ2v) is 6.98. The largest absolute Gasteiger partial charge is 0.507 e. The molecule has 2 heterocycles. The third kappa shape index (κ3) is 3.74. The van der Waals surface area contributed by atoms with E-state index in [9.17, 15) is 27.9 Å². The van der Waals surface area contributed by atoms with E-state index in [2.05, 4.69) is 4.74 Å². The number of halogens is 3. The van der Waals surface area contributed by atoms with Crippen LogP contribution in [-0.2, 0) is 27.0 Å². The number of benzene rings is 2.